The van der Waals surface area contributed by atoms with Gasteiger partial charge in [-0.3, -0.25) is 9.59 Å². The second-order valence-electron chi connectivity index (χ2n) is 7.67. The van der Waals surface area contributed by atoms with Crippen LogP contribution in [-0.2, 0) is 17.9 Å². The van der Waals surface area contributed by atoms with E-state index in [1.165, 1.54) is 17.5 Å². The van der Waals surface area contributed by atoms with Crippen LogP contribution in [0.2, 0.25) is 0 Å². The van der Waals surface area contributed by atoms with Crippen LogP contribution in [0.25, 0.3) is 10.8 Å². The van der Waals surface area contributed by atoms with Crippen molar-refractivity contribution in [3.63, 3.8) is 0 Å². The monoisotopic (exact) mass is 391 g/mol. The highest BCUT2D eigenvalue weighted by molar-refractivity contribution is 5.81. The number of amides is 1. The van der Waals surface area contributed by atoms with Crippen LogP contribution in [-0.4, -0.2) is 33.8 Å². The Morgan fingerprint density at radius 2 is 1.93 bits per heavy atom. The van der Waals surface area contributed by atoms with Gasteiger partial charge < -0.3 is 10.2 Å². The number of rotatable bonds is 5. The van der Waals surface area contributed by atoms with E-state index in [1.54, 1.807) is 24.5 Å². The molecule has 0 unspecified atom stereocenters. The van der Waals surface area contributed by atoms with Crippen LogP contribution < -0.4 is 15.8 Å². The summed E-state index contributed by atoms with van der Waals surface area (Å²) in [6.45, 7) is 4.63. The molecule has 150 valence electrons. The van der Waals surface area contributed by atoms with Gasteiger partial charge in [0.2, 0.25) is 5.91 Å². The Kier molecular flexibility index (Phi) is 5.55. The number of aromatic nitrogens is 3. The number of hydrogen-bond acceptors (Lipinski definition) is 5. The fraction of sp³-hybridized carbons (Fsp3) is 0.364. The van der Waals surface area contributed by atoms with E-state index in [-0.39, 0.29) is 18.0 Å². The lowest BCUT2D eigenvalue weighted by molar-refractivity contribution is -0.122. The number of piperidine rings is 1. The number of nitrogens with zero attached hydrogens (tertiary/aromatic N) is 4. The lowest BCUT2D eigenvalue weighted by Gasteiger charge is -2.31. The van der Waals surface area contributed by atoms with E-state index in [2.05, 4.69) is 27.2 Å². The smallest absolute Gasteiger partial charge is 0.275 e. The SMILES string of the molecule is CC1CCN(c2ccc(CNC(=O)Cn3ncc4ccccc4c3=O)cn2)CC1. The number of fused-ring (bicyclic) bond motifs is 1. The molecule has 3 aromatic rings. The zero-order chi connectivity index (χ0) is 20.2. The van der Waals surface area contributed by atoms with Crippen molar-refractivity contribution in [3.05, 3.63) is 64.7 Å². The summed E-state index contributed by atoms with van der Waals surface area (Å²) < 4.78 is 1.19. The van der Waals surface area contributed by atoms with E-state index in [0.717, 1.165) is 35.8 Å². The van der Waals surface area contributed by atoms with Crippen LogP contribution in [0.15, 0.2) is 53.6 Å². The lowest BCUT2D eigenvalue weighted by Crippen LogP contribution is -2.34. The normalized spacial score (nSPS) is 14.9. The van der Waals surface area contributed by atoms with Gasteiger partial charge in [0.25, 0.3) is 5.56 Å². The number of benzene rings is 1. The van der Waals surface area contributed by atoms with Crippen molar-refractivity contribution in [1.29, 1.82) is 0 Å². The number of pyridine rings is 1. The van der Waals surface area contributed by atoms with Crippen molar-refractivity contribution in [1.82, 2.24) is 20.1 Å². The largest absolute Gasteiger partial charge is 0.357 e. The summed E-state index contributed by atoms with van der Waals surface area (Å²) in [6.07, 6.45) is 5.80. The molecule has 0 spiro atoms. The Labute approximate surface area is 169 Å². The highest BCUT2D eigenvalue weighted by Gasteiger charge is 2.16. The van der Waals surface area contributed by atoms with Crippen LogP contribution in [0.5, 0.6) is 0 Å². The topological polar surface area (TPSA) is 80.1 Å². The van der Waals surface area contributed by atoms with Crippen LogP contribution in [0.1, 0.15) is 25.3 Å². The van der Waals surface area contributed by atoms with E-state index >= 15 is 0 Å². The quantitative estimate of drug-likeness (QED) is 0.722. The first-order valence-corrected chi connectivity index (χ1v) is 10.0. The summed E-state index contributed by atoms with van der Waals surface area (Å²) in [7, 11) is 0. The van der Waals surface area contributed by atoms with Gasteiger partial charge in [0.1, 0.15) is 12.4 Å². The minimum atomic E-state index is -0.264. The molecule has 7 heteroatoms. The molecule has 3 heterocycles. The third-order valence-corrected chi connectivity index (χ3v) is 5.46. The van der Waals surface area contributed by atoms with Crippen LogP contribution in [0.4, 0.5) is 5.82 Å². The molecule has 4 rings (SSSR count). The average molecular weight is 391 g/mol. The van der Waals surface area contributed by atoms with Gasteiger partial charge >= 0.3 is 0 Å². The Balaban J connectivity index is 1.34. The number of carbonyl (C=O) groups excluding carboxylic acids is 1. The second-order valence-corrected chi connectivity index (χ2v) is 7.67. The summed E-state index contributed by atoms with van der Waals surface area (Å²) >= 11 is 0. The number of hydrogen-bond donors (Lipinski definition) is 1. The lowest BCUT2D eigenvalue weighted by atomic mass is 9.99. The van der Waals surface area contributed by atoms with Crippen LogP contribution >= 0.6 is 0 Å². The van der Waals surface area contributed by atoms with Crippen LogP contribution in [0, 0.1) is 5.92 Å². The third-order valence-electron chi connectivity index (χ3n) is 5.46. The molecule has 0 saturated carbocycles. The molecule has 1 aliphatic heterocycles. The van der Waals surface area contributed by atoms with Gasteiger partial charge in [-0.2, -0.15) is 5.10 Å². The summed E-state index contributed by atoms with van der Waals surface area (Å²) in [5.74, 6) is 1.51. The van der Waals surface area contributed by atoms with Crippen molar-refractivity contribution in [2.75, 3.05) is 18.0 Å². The Bertz CT molecular complexity index is 1050. The number of anilines is 1. The van der Waals surface area contributed by atoms with Gasteiger partial charge in [-0.25, -0.2) is 9.67 Å². The summed E-state index contributed by atoms with van der Waals surface area (Å²) in [6, 6.07) is 11.2. The molecule has 1 amide bonds. The minimum Gasteiger partial charge on any atom is -0.357 e. The fourth-order valence-corrected chi connectivity index (χ4v) is 3.58. The van der Waals surface area contributed by atoms with E-state index in [1.807, 2.05) is 24.3 Å². The summed E-state index contributed by atoms with van der Waals surface area (Å²) in [5, 5.41) is 8.26. The average Bonchev–Trinajstić information content (AvgIpc) is 2.75. The van der Waals surface area contributed by atoms with Crippen molar-refractivity contribution >= 4 is 22.5 Å². The molecule has 0 radical (unpaired) electrons. The molecule has 1 N–H and O–H groups in total. The van der Waals surface area contributed by atoms with E-state index in [9.17, 15) is 9.59 Å². The second kappa shape index (κ2) is 8.43. The zero-order valence-electron chi connectivity index (χ0n) is 16.5. The maximum absolute atomic E-state index is 12.5. The Morgan fingerprint density at radius 1 is 1.14 bits per heavy atom. The Morgan fingerprint density at radius 3 is 2.69 bits per heavy atom. The molecule has 0 atom stereocenters. The first-order valence-electron chi connectivity index (χ1n) is 10.0. The van der Waals surface area contributed by atoms with E-state index in [0.29, 0.717) is 11.9 Å². The molecule has 1 saturated heterocycles. The summed E-state index contributed by atoms with van der Waals surface area (Å²) in [4.78, 5) is 31.6. The number of nitrogens with one attached hydrogen (secondary N) is 1. The number of carbonyl (C=O) groups is 1. The molecule has 7 nitrogen and oxygen atoms in total. The highest BCUT2D eigenvalue weighted by atomic mass is 16.2. The van der Waals surface area contributed by atoms with Gasteiger partial charge in [0, 0.05) is 31.2 Å². The van der Waals surface area contributed by atoms with Crippen molar-refractivity contribution in [3.8, 4) is 0 Å². The minimum absolute atomic E-state index is 0.110. The predicted molar refractivity (Wildman–Crippen MR) is 113 cm³/mol. The standard InChI is InChI=1S/C22H25N5O2/c1-16-8-10-26(11-9-16)20-7-6-17(12-23-20)13-24-21(28)15-27-22(29)19-5-3-2-4-18(19)14-25-27/h2-7,12,14,16H,8-11,13,15H2,1H3,(H,24,28). The van der Waals surface area contributed by atoms with Crippen LogP contribution in [0.3, 0.4) is 0 Å². The molecule has 1 aromatic carbocycles. The first kappa shape index (κ1) is 19.1. The van der Waals surface area contributed by atoms with Gasteiger partial charge in [0.15, 0.2) is 0 Å². The van der Waals surface area contributed by atoms with Gasteiger partial charge in [-0.05, 0) is 36.5 Å². The van der Waals surface area contributed by atoms with E-state index < -0.39 is 0 Å². The van der Waals surface area contributed by atoms with E-state index in [4.69, 9.17) is 0 Å². The van der Waals surface area contributed by atoms with Crippen molar-refractivity contribution in [2.45, 2.75) is 32.9 Å². The third kappa shape index (κ3) is 4.45. The van der Waals surface area contributed by atoms with Gasteiger partial charge in [-0.1, -0.05) is 31.2 Å². The molecule has 1 fully saturated rings. The molecule has 0 aliphatic carbocycles. The highest BCUT2D eigenvalue weighted by Crippen LogP contribution is 2.21. The molecule has 0 bridgehead atoms. The summed E-state index contributed by atoms with van der Waals surface area (Å²) in [5.41, 5.74) is 0.659. The van der Waals surface area contributed by atoms with Gasteiger partial charge in [0.05, 0.1) is 11.6 Å². The fourth-order valence-electron chi connectivity index (χ4n) is 3.58. The first-order chi connectivity index (χ1) is 14.1. The molecule has 2 aromatic heterocycles. The van der Waals surface area contributed by atoms with Crippen molar-refractivity contribution in [2.24, 2.45) is 5.92 Å². The Hall–Kier alpha value is -3.22. The zero-order valence-corrected chi connectivity index (χ0v) is 16.5. The maximum Gasteiger partial charge on any atom is 0.275 e. The van der Waals surface area contributed by atoms with Crippen molar-refractivity contribution < 1.29 is 4.79 Å². The molecule has 29 heavy (non-hydrogen) atoms. The van der Waals surface area contributed by atoms with Gasteiger partial charge in [-0.15, -0.1) is 0 Å². The maximum atomic E-state index is 12.5. The molecular formula is C22H25N5O2. The molecular weight excluding hydrogens is 366 g/mol. The predicted octanol–water partition coefficient (Wildman–Crippen LogP) is 2.34. The molecule has 1 aliphatic rings.